The van der Waals surface area contributed by atoms with Crippen LogP contribution in [0.1, 0.15) is 68.7 Å². The summed E-state index contributed by atoms with van der Waals surface area (Å²) < 4.78 is 17.7. The number of hydrogen-bond donors (Lipinski definition) is 0. The normalized spacial score (nSPS) is 28.4. The van der Waals surface area contributed by atoms with Gasteiger partial charge in [-0.3, -0.25) is 19.2 Å². The van der Waals surface area contributed by atoms with Gasteiger partial charge in [0.1, 0.15) is 0 Å². The number of esters is 2. The van der Waals surface area contributed by atoms with Crippen molar-refractivity contribution < 1.29 is 33.1 Å². The summed E-state index contributed by atoms with van der Waals surface area (Å²) in [5, 5.41) is -0.0988. The average molecular weight is 495 g/mol. The van der Waals surface area contributed by atoms with Crippen molar-refractivity contribution in [1.82, 2.24) is 0 Å². The molecule has 0 unspecified atom stereocenters. The molecule has 1 saturated carbocycles. The lowest BCUT2D eigenvalue weighted by molar-refractivity contribution is -0.191. The first-order valence-electron chi connectivity index (χ1n) is 12.0. The van der Waals surface area contributed by atoms with E-state index in [4.69, 9.17) is 13.9 Å². The Labute approximate surface area is 205 Å². The van der Waals surface area contributed by atoms with Crippen LogP contribution in [0.5, 0.6) is 0 Å². The van der Waals surface area contributed by atoms with Crippen LogP contribution < -0.4 is 0 Å². The lowest BCUT2D eigenvalue weighted by Crippen LogP contribution is -2.62. The molecule has 0 saturated heterocycles. The Kier molecular flexibility index (Phi) is 7.81. The van der Waals surface area contributed by atoms with E-state index in [0.717, 1.165) is 0 Å². The number of Topliss-reactive ketones (excluding diaryl/α,β-unsaturated/α-hetero) is 2. The molecule has 0 aliphatic heterocycles. The van der Waals surface area contributed by atoms with Gasteiger partial charge in [-0.15, -0.1) is 0 Å². The van der Waals surface area contributed by atoms with Crippen LogP contribution in [0.15, 0.2) is 12.2 Å². The first-order chi connectivity index (χ1) is 15.2. The van der Waals surface area contributed by atoms with Gasteiger partial charge in [0.15, 0.2) is 19.9 Å². The quantitative estimate of drug-likeness (QED) is 0.319. The number of fused-ring (bicyclic) bond motifs is 1. The summed E-state index contributed by atoms with van der Waals surface area (Å²) >= 11 is 0. The van der Waals surface area contributed by atoms with E-state index in [1.807, 2.05) is 12.2 Å². The molecular formula is C26H42O7Si. The van der Waals surface area contributed by atoms with Gasteiger partial charge in [0.05, 0.1) is 22.9 Å². The second kappa shape index (κ2) is 9.34. The topological polar surface area (TPSA) is 96.0 Å². The van der Waals surface area contributed by atoms with Crippen LogP contribution in [-0.4, -0.2) is 50.1 Å². The Bertz CT molecular complexity index is 867. The van der Waals surface area contributed by atoms with Gasteiger partial charge in [-0.25, -0.2) is 0 Å². The third kappa shape index (κ3) is 5.87. The van der Waals surface area contributed by atoms with Crippen molar-refractivity contribution in [2.75, 3.05) is 0 Å². The molecule has 0 radical (unpaired) electrons. The minimum Gasteiger partial charge on any atom is -0.449 e. The first kappa shape index (κ1) is 28.4. The summed E-state index contributed by atoms with van der Waals surface area (Å²) in [5.41, 5.74) is -1.79. The lowest BCUT2D eigenvalue weighted by Gasteiger charge is -2.46. The van der Waals surface area contributed by atoms with Gasteiger partial charge in [-0.05, 0) is 66.1 Å². The Hall–Kier alpha value is -1.80. The fraction of sp³-hybridized carbons (Fsp3) is 0.769. The van der Waals surface area contributed by atoms with Gasteiger partial charge in [-0.2, -0.15) is 0 Å². The van der Waals surface area contributed by atoms with Crippen molar-refractivity contribution >= 4 is 31.8 Å². The maximum Gasteiger partial charge on any atom is 0.312 e. The number of carbonyl (C=O) groups is 4. The molecule has 0 aromatic carbocycles. The number of allylic oxidation sites excluding steroid dienone is 1. The highest BCUT2D eigenvalue weighted by atomic mass is 28.4. The molecule has 5 atom stereocenters. The smallest absolute Gasteiger partial charge is 0.312 e. The molecule has 192 valence electrons. The molecule has 0 heterocycles. The van der Waals surface area contributed by atoms with Crippen LogP contribution >= 0.6 is 0 Å². The lowest BCUT2D eigenvalue weighted by atomic mass is 9.68. The van der Waals surface area contributed by atoms with Gasteiger partial charge < -0.3 is 13.9 Å². The highest BCUT2D eigenvalue weighted by Crippen LogP contribution is 2.43. The van der Waals surface area contributed by atoms with Crippen molar-refractivity contribution in [3.05, 3.63) is 12.2 Å². The molecule has 2 aliphatic rings. The summed E-state index contributed by atoms with van der Waals surface area (Å²) in [4.78, 5) is 52.9. The summed E-state index contributed by atoms with van der Waals surface area (Å²) in [6.45, 7) is 20.5. The molecule has 0 aromatic rings. The van der Waals surface area contributed by atoms with Crippen LogP contribution in [0.4, 0.5) is 0 Å². The molecule has 0 aromatic heterocycles. The Morgan fingerprint density at radius 1 is 0.824 bits per heavy atom. The molecule has 8 heteroatoms. The van der Waals surface area contributed by atoms with Crippen LogP contribution in [0.25, 0.3) is 0 Å². The number of ketones is 2. The largest absolute Gasteiger partial charge is 0.449 e. The Balaban J connectivity index is 2.49. The number of carbonyl (C=O) groups excluding carboxylic acids is 4. The molecule has 0 amide bonds. The number of hydrogen-bond acceptors (Lipinski definition) is 7. The van der Waals surface area contributed by atoms with Crippen molar-refractivity contribution in [2.45, 2.75) is 105 Å². The molecule has 0 bridgehead atoms. The molecule has 2 rings (SSSR count). The maximum absolute atomic E-state index is 13.8. The highest BCUT2D eigenvalue weighted by Gasteiger charge is 2.57. The summed E-state index contributed by atoms with van der Waals surface area (Å²) in [6.07, 6.45) is 0.475. The molecule has 1 fully saturated rings. The van der Waals surface area contributed by atoms with E-state index in [-0.39, 0.29) is 5.04 Å². The highest BCUT2D eigenvalue weighted by molar-refractivity contribution is 6.74. The van der Waals surface area contributed by atoms with Crippen molar-refractivity contribution in [1.29, 1.82) is 0 Å². The second-order valence-electron chi connectivity index (χ2n) is 13.1. The third-order valence-corrected chi connectivity index (χ3v) is 11.4. The minimum absolute atomic E-state index is 0.0988. The molecule has 7 nitrogen and oxygen atoms in total. The Morgan fingerprint density at radius 3 is 1.68 bits per heavy atom. The predicted octanol–water partition coefficient (Wildman–Crippen LogP) is 4.64. The van der Waals surface area contributed by atoms with Crippen LogP contribution in [-0.2, 0) is 33.1 Å². The van der Waals surface area contributed by atoms with Crippen molar-refractivity contribution in [3.8, 4) is 0 Å². The van der Waals surface area contributed by atoms with Crippen LogP contribution in [0.3, 0.4) is 0 Å². The van der Waals surface area contributed by atoms with Gasteiger partial charge in [0, 0.05) is 5.92 Å². The van der Waals surface area contributed by atoms with Crippen molar-refractivity contribution in [3.63, 3.8) is 0 Å². The minimum atomic E-state index is -2.28. The number of ether oxygens (including phenoxy) is 2. The zero-order valence-electron chi connectivity index (χ0n) is 22.6. The molecular weight excluding hydrogens is 452 g/mol. The SMILES string of the molecule is CC(C)(C)C(=O)O[C@H]1C(=O)[C@H]2[C@H](CC=C[C@H]2O[Si](C)(C)C(C)(C)C)C(=O)[C@@H]1OC(=O)C(C)(C)C. The first-order valence-corrected chi connectivity index (χ1v) is 14.9. The summed E-state index contributed by atoms with van der Waals surface area (Å²) in [7, 11) is -2.28. The van der Waals surface area contributed by atoms with E-state index in [1.54, 1.807) is 41.5 Å². The van der Waals surface area contributed by atoms with Gasteiger partial charge in [0.25, 0.3) is 0 Å². The van der Waals surface area contributed by atoms with Crippen LogP contribution in [0.2, 0.25) is 18.1 Å². The maximum atomic E-state index is 13.8. The second-order valence-corrected chi connectivity index (χ2v) is 17.9. The van der Waals surface area contributed by atoms with E-state index in [2.05, 4.69) is 33.9 Å². The Morgan fingerprint density at radius 2 is 1.26 bits per heavy atom. The third-order valence-electron chi connectivity index (χ3n) is 6.96. The van der Waals surface area contributed by atoms with E-state index >= 15 is 0 Å². The van der Waals surface area contributed by atoms with Gasteiger partial charge >= 0.3 is 11.9 Å². The summed E-state index contributed by atoms with van der Waals surface area (Å²) in [5.74, 6) is -3.59. The zero-order chi connectivity index (χ0) is 26.4. The fourth-order valence-corrected chi connectivity index (χ4v) is 4.92. The van der Waals surface area contributed by atoms with E-state index in [0.29, 0.717) is 6.42 Å². The molecule has 0 spiro atoms. The van der Waals surface area contributed by atoms with E-state index in [1.165, 1.54) is 0 Å². The molecule has 0 N–H and O–H groups in total. The predicted molar refractivity (Wildman–Crippen MR) is 131 cm³/mol. The standard InChI is InChI=1S/C26H42O7Si/c1-24(2,3)22(29)31-20-18(27)15-13-12-14-16(33-34(10,11)26(7,8)9)17(15)19(28)21(20)32-23(30)25(4,5)6/h12,14-17,20-21H,13H2,1-11H3/t15-,16+,17-,20-,21-/m0/s1. The molecule has 2 aliphatic carbocycles. The van der Waals surface area contributed by atoms with Crippen LogP contribution in [0, 0.1) is 22.7 Å². The van der Waals surface area contributed by atoms with E-state index in [9.17, 15) is 19.2 Å². The summed E-state index contributed by atoms with van der Waals surface area (Å²) in [6, 6.07) is 0. The monoisotopic (exact) mass is 494 g/mol. The van der Waals surface area contributed by atoms with Gasteiger partial charge in [0.2, 0.25) is 12.2 Å². The van der Waals surface area contributed by atoms with Gasteiger partial charge in [-0.1, -0.05) is 32.9 Å². The number of rotatable bonds is 4. The van der Waals surface area contributed by atoms with Crippen molar-refractivity contribution in [2.24, 2.45) is 22.7 Å². The van der Waals surface area contributed by atoms with E-state index < -0.39 is 72.8 Å². The average Bonchev–Trinajstić information content (AvgIpc) is 2.65. The fourth-order valence-electron chi connectivity index (χ4n) is 3.66. The zero-order valence-corrected chi connectivity index (χ0v) is 23.6. The molecule has 34 heavy (non-hydrogen) atoms.